The van der Waals surface area contributed by atoms with Crippen LogP contribution in [0.3, 0.4) is 0 Å². The summed E-state index contributed by atoms with van der Waals surface area (Å²) >= 11 is 0. The van der Waals surface area contributed by atoms with Crippen molar-refractivity contribution in [1.82, 2.24) is 10.1 Å². The zero-order valence-corrected chi connectivity index (χ0v) is 12.6. The van der Waals surface area contributed by atoms with Crippen molar-refractivity contribution in [3.05, 3.63) is 17.5 Å². The Balaban J connectivity index is 1.99. The van der Waals surface area contributed by atoms with Gasteiger partial charge in [-0.15, -0.1) is 0 Å². The molecule has 1 amide bonds. The number of hydrogen-bond acceptors (Lipinski definition) is 4. The van der Waals surface area contributed by atoms with Gasteiger partial charge in [0.15, 0.2) is 0 Å². The minimum atomic E-state index is -0.886. The van der Waals surface area contributed by atoms with E-state index in [-0.39, 0.29) is 12.3 Å². The molecule has 1 aromatic rings. The maximum Gasteiger partial charge on any atom is 0.310 e. The fourth-order valence-corrected chi connectivity index (χ4v) is 2.94. The third-order valence-electron chi connectivity index (χ3n) is 4.26. The van der Waals surface area contributed by atoms with Gasteiger partial charge in [0.05, 0.1) is 12.0 Å². The van der Waals surface area contributed by atoms with Crippen LogP contribution in [-0.2, 0) is 16.1 Å². The minimum Gasteiger partial charge on any atom is -0.481 e. The van der Waals surface area contributed by atoms with E-state index in [1.54, 1.807) is 20.0 Å². The van der Waals surface area contributed by atoms with Crippen LogP contribution in [0.4, 0.5) is 0 Å². The van der Waals surface area contributed by atoms with Gasteiger partial charge >= 0.3 is 5.97 Å². The summed E-state index contributed by atoms with van der Waals surface area (Å²) in [5.74, 6) is -0.304. The summed E-state index contributed by atoms with van der Waals surface area (Å²) in [6, 6.07) is 1.78. The van der Waals surface area contributed by atoms with E-state index in [0.717, 1.165) is 19.3 Å². The van der Waals surface area contributed by atoms with E-state index in [1.807, 2.05) is 0 Å². The molecule has 1 N–H and O–H groups in total. The summed E-state index contributed by atoms with van der Waals surface area (Å²) in [5, 5.41) is 13.4. The molecule has 0 aromatic carbocycles. The molecule has 0 saturated heterocycles. The van der Waals surface area contributed by atoms with Crippen molar-refractivity contribution in [1.29, 1.82) is 0 Å². The van der Waals surface area contributed by atoms with Crippen molar-refractivity contribution >= 4 is 11.9 Å². The van der Waals surface area contributed by atoms with Crippen molar-refractivity contribution in [2.45, 2.75) is 52.0 Å². The van der Waals surface area contributed by atoms with Gasteiger partial charge in [-0.25, -0.2) is 0 Å². The molecule has 1 fully saturated rings. The average molecular weight is 294 g/mol. The monoisotopic (exact) mass is 294 g/mol. The molecular formula is C15H22N2O4. The zero-order chi connectivity index (χ0) is 15.5. The summed E-state index contributed by atoms with van der Waals surface area (Å²) in [6.45, 7) is 2.13. The van der Waals surface area contributed by atoms with Crippen molar-refractivity contribution < 1.29 is 19.2 Å². The molecule has 1 saturated carbocycles. The SMILES string of the molecule is Cc1cc(CN(C)C(=O)CC2(C(=O)O)CCCCC2)no1. The lowest BCUT2D eigenvalue weighted by Gasteiger charge is -2.33. The molecule has 116 valence electrons. The maximum atomic E-state index is 12.3. The van der Waals surface area contributed by atoms with Crippen LogP contribution >= 0.6 is 0 Å². The first kappa shape index (κ1) is 15.5. The van der Waals surface area contributed by atoms with E-state index in [2.05, 4.69) is 5.16 Å². The summed E-state index contributed by atoms with van der Waals surface area (Å²) in [5.41, 5.74) is -0.208. The van der Waals surface area contributed by atoms with Crippen LogP contribution in [0.1, 0.15) is 50.0 Å². The molecule has 21 heavy (non-hydrogen) atoms. The number of hydrogen-bond donors (Lipinski definition) is 1. The topological polar surface area (TPSA) is 83.6 Å². The van der Waals surface area contributed by atoms with Gasteiger partial charge in [0.25, 0.3) is 0 Å². The van der Waals surface area contributed by atoms with Crippen LogP contribution in [0.25, 0.3) is 0 Å². The first-order valence-electron chi connectivity index (χ1n) is 7.32. The highest BCUT2D eigenvalue weighted by atomic mass is 16.5. The van der Waals surface area contributed by atoms with Crippen molar-refractivity contribution in [2.75, 3.05) is 7.05 Å². The number of carboxylic acids is 1. The Bertz CT molecular complexity index is 517. The van der Waals surface area contributed by atoms with Crippen LogP contribution in [0.2, 0.25) is 0 Å². The van der Waals surface area contributed by atoms with E-state index in [4.69, 9.17) is 4.52 Å². The van der Waals surface area contributed by atoms with Crippen LogP contribution < -0.4 is 0 Å². The number of carbonyl (C=O) groups excluding carboxylic acids is 1. The lowest BCUT2D eigenvalue weighted by atomic mass is 9.71. The Hall–Kier alpha value is -1.85. The largest absolute Gasteiger partial charge is 0.481 e. The zero-order valence-electron chi connectivity index (χ0n) is 12.6. The smallest absolute Gasteiger partial charge is 0.310 e. The van der Waals surface area contributed by atoms with E-state index in [1.165, 1.54) is 4.90 Å². The summed E-state index contributed by atoms with van der Waals surface area (Å²) < 4.78 is 4.97. The Morgan fingerprint density at radius 2 is 2.05 bits per heavy atom. The van der Waals surface area contributed by atoms with Gasteiger partial charge < -0.3 is 14.5 Å². The third-order valence-corrected chi connectivity index (χ3v) is 4.26. The molecule has 0 unspecified atom stereocenters. The van der Waals surface area contributed by atoms with Crippen molar-refractivity contribution in [2.24, 2.45) is 5.41 Å². The van der Waals surface area contributed by atoms with Crippen molar-refractivity contribution in [3.8, 4) is 0 Å². The van der Waals surface area contributed by atoms with E-state index < -0.39 is 11.4 Å². The quantitative estimate of drug-likeness (QED) is 0.901. The molecule has 1 heterocycles. The molecule has 6 nitrogen and oxygen atoms in total. The Kier molecular flexibility index (Phi) is 4.65. The van der Waals surface area contributed by atoms with Crippen LogP contribution in [0, 0.1) is 12.3 Å². The number of amides is 1. The van der Waals surface area contributed by atoms with Crippen molar-refractivity contribution in [3.63, 3.8) is 0 Å². The molecule has 2 rings (SSSR count). The predicted octanol–water partition coefficient (Wildman–Crippen LogP) is 2.37. The second-order valence-corrected chi connectivity index (χ2v) is 6.00. The lowest BCUT2D eigenvalue weighted by Crippen LogP contribution is -2.39. The first-order chi connectivity index (χ1) is 9.93. The van der Waals surface area contributed by atoms with E-state index in [9.17, 15) is 14.7 Å². The molecule has 0 radical (unpaired) electrons. The van der Waals surface area contributed by atoms with Gasteiger partial charge in [0.2, 0.25) is 5.91 Å². The molecule has 1 aromatic heterocycles. The van der Waals surface area contributed by atoms with E-state index >= 15 is 0 Å². The highest BCUT2D eigenvalue weighted by Crippen LogP contribution is 2.40. The number of carboxylic acid groups (broad SMARTS) is 1. The fourth-order valence-electron chi connectivity index (χ4n) is 2.94. The highest BCUT2D eigenvalue weighted by molar-refractivity contribution is 5.85. The van der Waals surface area contributed by atoms with Gasteiger partial charge in [0, 0.05) is 19.5 Å². The van der Waals surface area contributed by atoms with Gasteiger partial charge in [-0.3, -0.25) is 9.59 Å². The molecule has 6 heteroatoms. The van der Waals surface area contributed by atoms with Gasteiger partial charge in [0.1, 0.15) is 11.5 Å². The molecule has 1 aliphatic rings. The van der Waals surface area contributed by atoms with E-state index in [0.29, 0.717) is 30.8 Å². The standard InChI is InChI=1S/C15H22N2O4/c1-11-8-12(16-21-11)10-17(2)13(18)9-15(14(19)20)6-4-3-5-7-15/h8H,3-7,9-10H2,1-2H3,(H,19,20). The molecule has 0 spiro atoms. The number of aryl methyl sites for hydroxylation is 1. The summed E-state index contributed by atoms with van der Waals surface area (Å²) in [6.07, 6.45) is 4.06. The minimum absolute atomic E-state index is 0.0651. The second kappa shape index (κ2) is 6.28. The molecule has 0 aliphatic heterocycles. The Labute approximate surface area is 124 Å². The maximum absolute atomic E-state index is 12.3. The van der Waals surface area contributed by atoms with Gasteiger partial charge in [-0.2, -0.15) is 0 Å². The molecule has 0 bridgehead atoms. The number of aromatic nitrogens is 1. The molecular weight excluding hydrogens is 272 g/mol. The number of nitrogens with zero attached hydrogens (tertiary/aromatic N) is 2. The summed E-state index contributed by atoms with van der Waals surface area (Å²) in [7, 11) is 1.67. The number of carbonyl (C=O) groups is 2. The van der Waals surface area contributed by atoms with Crippen LogP contribution in [0.15, 0.2) is 10.6 Å². The fraction of sp³-hybridized carbons (Fsp3) is 0.667. The van der Waals surface area contributed by atoms with Gasteiger partial charge in [-0.1, -0.05) is 24.4 Å². The van der Waals surface area contributed by atoms with Crippen LogP contribution in [-0.4, -0.2) is 34.1 Å². The van der Waals surface area contributed by atoms with Gasteiger partial charge in [-0.05, 0) is 19.8 Å². The first-order valence-corrected chi connectivity index (χ1v) is 7.32. The average Bonchev–Trinajstić information content (AvgIpc) is 2.85. The molecule has 1 aliphatic carbocycles. The predicted molar refractivity (Wildman–Crippen MR) is 75.5 cm³/mol. The third kappa shape index (κ3) is 3.62. The second-order valence-electron chi connectivity index (χ2n) is 6.00. The lowest BCUT2D eigenvalue weighted by molar-refractivity contribution is -0.155. The molecule has 0 atom stereocenters. The Morgan fingerprint density at radius 3 is 2.57 bits per heavy atom. The summed E-state index contributed by atoms with van der Waals surface area (Å²) in [4.78, 5) is 25.5. The number of rotatable bonds is 5. The van der Waals surface area contributed by atoms with Crippen LogP contribution in [0.5, 0.6) is 0 Å². The highest BCUT2D eigenvalue weighted by Gasteiger charge is 2.42. The number of aliphatic carboxylic acids is 1. The Morgan fingerprint density at radius 1 is 1.38 bits per heavy atom. The normalized spacial score (nSPS) is 17.4.